The molecule has 1 saturated carbocycles. The third-order valence-corrected chi connectivity index (χ3v) is 4.45. The molecule has 0 aliphatic heterocycles. The van der Waals surface area contributed by atoms with Crippen LogP contribution < -0.4 is 5.32 Å². The van der Waals surface area contributed by atoms with Gasteiger partial charge in [-0.05, 0) is 32.9 Å². The first-order chi connectivity index (χ1) is 8.70. The quantitative estimate of drug-likeness (QED) is 0.878. The first-order valence-electron chi connectivity index (χ1n) is 7.01. The summed E-state index contributed by atoms with van der Waals surface area (Å²) in [4.78, 5) is 4.65. The number of hydrogen-bond donors (Lipinski definition) is 1. The van der Waals surface area contributed by atoms with E-state index in [9.17, 15) is 0 Å². The second-order valence-electron chi connectivity index (χ2n) is 5.41. The van der Waals surface area contributed by atoms with Gasteiger partial charge >= 0.3 is 0 Å². The molecule has 1 aliphatic rings. The second kappa shape index (κ2) is 6.50. The predicted molar refractivity (Wildman–Crippen MR) is 80.6 cm³/mol. The summed E-state index contributed by atoms with van der Waals surface area (Å²) in [5, 5.41) is 3.56. The molecule has 1 heterocycles. The summed E-state index contributed by atoms with van der Waals surface area (Å²) >= 11 is 1.88. The molecule has 1 fully saturated rings. The smallest absolute Gasteiger partial charge is 0.203 e. The third kappa shape index (κ3) is 3.44. The van der Waals surface area contributed by atoms with Crippen molar-refractivity contribution in [3.05, 3.63) is 11.9 Å². The van der Waals surface area contributed by atoms with Gasteiger partial charge in [-0.15, -0.1) is 0 Å². The molecule has 1 aromatic rings. The van der Waals surface area contributed by atoms with E-state index in [0.29, 0.717) is 12.1 Å². The largest absolute Gasteiger partial charge is 0.352 e. The van der Waals surface area contributed by atoms with Crippen molar-refractivity contribution >= 4 is 17.7 Å². The summed E-state index contributed by atoms with van der Waals surface area (Å²) in [6.07, 6.45) is 11.1. The molecule has 2 rings (SSSR count). The van der Waals surface area contributed by atoms with Crippen molar-refractivity contribution in [3.8, 4) is 0 Å². The number of imidazole rings is 1. The number of nitrogens with one attached hydrogen (secondary N) is 1. The number of rotatable bonds is 5. The van der Waals surface area contributed by atoms with Gasteiger partial charge in [0, 0.05) is 24.0 Å². The maximum Gasteiger partial charge on any atom is 0.203 e. The molecule has 0 radical (unpaired) electrons. The lowest BCUT2D eigenvalue weighted by Crippen LogP contribution is -2.22. The monoisotopic (exact) mass is 267 g/mol. The van der Waals surface area contributed by atoms with E-state index in [1.807, 2.05) is 11.8 Å². The van der Waals surface area contributed by atoms with Gasteiger partial charge in [0.05, 0.1) is 5.69 Å². The van der Waals surface area contributed by atoms with E-state index in [0.717, 1.165) is 17.4 Å². The van der Waals surface area contributed by atoms with Crippen molar-refractivity contribution in [2.75, 3.05) is 17.3 Å². The first kappa shape index (κ1) is 13.8. The van der Waals surface area contributed by atoms with E-state index in [-0.39, 0.29) is 0 Å². The molecular weight excluding hydrogens is 242 g/mol. The molecule has 0 spiro atoms. The molecule has 0 aromatic carbocycles. The van der Waals surface area contributed by atoms with Crippen molar-refractivity contribution in [2.24, 2.45) is 0 Å². The zero-order chi connectivity index (χ0) is 13.0. The van der Waals surface area contributed by atoms with E-state index in [1.165, 1.54) is 32.1 Å². The molecule has 1 aromatic heterocycles. The van der Waals surface area contributed by atoms with Gasteiger partial charge < -0.3 is 9.88 Å². The Morgan fingerprint density at radius 1 is 1.44 bits per heavy atom. The Morgan fingerprint density at radius 3 is 2.83 bits per heavy atom. The van der Waals surface area contributed by atoms with Crippen LogP contribution in [0.5, 0.6) is 0 Å². The van der Waals surface area contributed by atoms with Gasteiger partial charge in [0.1, 0.15) is 0 Å². The minimum atomic E-state index is 0.476. The Bertz CT molecular complexity index is 369. The van der Waals surface area contributed by atoms with Crippen molar-refractivity contribution in [2.45, 2.75) is 58.0 Å². The summed E-state index contributed by atoms with van der Waals surface area (Å²) in [5.41, 5.74) is 1.12. The lowest BCUT2D eigenvalue weighted by molar-refractivity contribution is 0.355. The van der Waals surface area contributed by atoms with E-state index >= 15 is 0 Å². The number of nitrogens with zero attached hydrogens (tertiary/aromatic N) is 2. The molecule has 1 atom stereocenters. The van der Waals surface area contributed by atoms with E-state index < -0.39 is 0 Å². The predicted octanol–water partition coefficient (Wildman–Crippen LogP) is 3.86. The average molecular weight is 267 g/mol. The van der Waals surface area contributed by atoms with E-state index in [4.69, 9.17) is 0 Å². The summed E-state index contributed by atoms with van der Waals surface area (Å²) in [6, 6.07) is 1.13. The van der Waals surface area contributed by atoms with E-state index in [1.54, 1.807) is 0 Å². The van der Waals surface area contributed by atoms with Crippen LogP contribution in [0.25, 0.3) is 0 Å². The van der Waals surface area contributed by atoms with E-state index in [2.05, 4.69) is 41.2 Å². The Morgan fingerprint density at radius 2 is 2.17 bits per heavy atom. The number of thioether (sulfide) groups is 1. The molecule has 0 bridgehead atoms. The summed E-state index contributed by atoms with van der Waals surface area (Å²) in [7, 11) is 0. The molecule has 0 amide bonds. The third-order valence-electron chi connectivity index (χ3n) is 3.61. The number of hydrogen-bond acceptors (Lipinski definition) is 3. The first-order valence-corrected chi connectivity index (χ1v) is 8.41. The van der Waals surface area contributed by atoms with Crippen molar-refractivity contribution in [3.63, 3.8) is 0 Å². The van der Waals surface area contributed by atoms with Gasteiger partial charge in [0.2, 0.25) is 5.95 Å². The zero-order valence-corrected chi connectivity index (χ0v) is 12.6. The van der Waals surface area contributed by atoms with Gasteiger partial charge in [0.25, 0.3) is 0 Å². The summed E-state index contributed by atoms with van der Waals surface area (Å²) in [6.45, 7) is 4.31. The van der Waals surface area contributed by atoms with Gasteiger partial charge in [-0.25, -0.2) is 4.98 Å². The van der Waals surface area contributed by atoms with Crippen LogP contribution >= 0.6 is 11.8 Å². The van der Waals surface area contributed by atoms with Gasteiger partial charge in [0.15, 0.2) is 0 Å². The number of anilines is 1. The molecule has 18 heavy (non-hydrogen) atoms. The fourth-order valence-electron chi connectivity index (χ4n) is 2.77. The molecule has 1 unspecified atom stereocenters. The molecule has 1 N–H and O–H groups in total. The second-order valence-corrected chi connectivity index (χ2v) is 6.32. The topological polar surface area (TPSA) is 29.9 Å². The molecule has 3 nitrogen and oxygen atoms in total. The highest BCUT2D eigenvalue weighted by Crippen LogP contribution is 2.31. The van der Waals surface area contributed by atoms with Gasteiger partial charge in [-0.3, -0.25) is 0 Å². The Balaban J connectivity index is 2.09. The van der Waals surface area contributed by atoms with Gasteiger partial charge in [-0.1, -0.05) is 19.3 Å². The Labute approximate surface area is 115 Å². The Hall–Kier alpha value is -0.640. The highest BCUT2D eigenvalue weighted by molar-refractivity contribution is 7.98. The van der Waals surface area contributed by atoms with Crippen LogP contribution in [0.4, 0.5) is 5.95 Å². The highest BCUT2D eigenvalue weighted by Gasteiger charge is 2.19. The lowest BCUT2D eigenvalue weighted by Gasteiger charge is -2.25. The van der Waals surface area contributed by atoms with Crippen LogP contribution in [0, 0.1) is 6.92 Å². The van der Waals surface area contributed by atoms with Crippen LogP contribution in [-0.2, 0) is 0 Å². The van der Waals surface area contributed by atoms with Crippen molar-refractivity contribution in [1.82, 2.24) is 9.55 Å². The normalized spacial score (nSPS) is 18.8. The molecular formula is C14H25N3S. The fraction of sp³-hybridized carbons (Fsp3) is 0.786. The van der Waals surface area contributed by atoms with Crippen LogP contribution in [0.2, 0.25) is 0 Å². The number of aryl methyl sites for hydroxylation is 1. The van der Waals surface area contributed by atoms with Crippen LogP contribution in [-0.4, -0.2) is 27.6 Å². The van der Waals surface area contributed by atoms with Crippen molar-refractivity contribution < 1.29 is 0 Å². The van der Waals surface area contributed by atoms with Crippen LogP contribution in [0.15, 0.2) is 6.20 Å². The number of aromatic nitrogens is 2. The highest BCUT2D eigenvalue weighted by atomic mass is 32.2. The molecule has 1 aliphatic carbocycles. The lowest BCUT2D eigenvalue weighted by atomic mass is 9.95. The fourth-order valence-corrected chi connectivity index (χ4v) is 3.36. The maximum atomic E-state index is 4.65. The zero-order valence-electron chi connectivity index (χ0n) is 11.8. The molecule has 4 heteroatoms. The van der Waals surface area contributed by atoms with Crippen LogP contribution in [0.1, 0.15) is 50.8 Å². The molecule has 0 saturated heterocycles. The SMILES string of the molecule is CSCC(C)Nc1nc(C)cn1C1CCCCC1. The van der Waals surface area contributed by atoms with Gasteiger partial charge in [-0.2, -0.15) is 11.8 Å². The minimum Gasteiger partial charge on any atom is -0.352 e. The minimum absolute atomic E-state index is 0.476. The summed E-state index contributed by atoms with van der Waals surface area (Å²) in [5.74, 6) is 2.19. The molecule has 102 valence electrons. The summed E-state index contributed by atoms with van der Waals surface area (Å²) < 4.78 is 2.38. The Kier molecular flexibility index (Phi) is 4.98. The standard InChI is InChI=1S/C14H25N3S/c1-11-9-17(13-7-5-4-6-8-13)14(15-11)16-12(2)10-18-3/h9,12-13H,4-8,10H2,1-3H3,(H,15,16). The average Bonchev–Trinajstić information content (AvgIpc) is 2.71. The maximum absolute atomic E-state index is 4.65. The van der Waals surface area contributed by atoms with Crippen LogP contribution in [0.3, 0.4) is 0 Å². The van der Waals surface area contributed by atoms with Crippen molar-refractivity contribution in [1.29, 1.82) is 0 Å².